The number of ether oxygens (including phenoxy) is 1. The van der Waals surface area contributed by atoms with Crippen molar-refractivity contribution >= 4 is 23.5 Å². The molecular formula is C26H33ClFN3OS. The number of rotatable bonds is 7. The number of halogens is 2. The Balaban J connectivity index is 0.000000442. The molecule has 33 heavy (non-hydrogen) atoms. The summed E-state index contributed by atoms with van der Waals surface area (Å²) >= 11 is 7.98. The average Bonchev–Trinajstić information content (AvgIpc) is 2.83. The van der Waals surface area contributed by atoms with Crippen LogP contribution >= 0.6 is 23.5 Å². The number of nitriles is 1. The first kappa shape index (κ1) is 25.8. The Bertz CT molecular complexity index is 944. The lowest BCUT2D eigenvalue weighted by Crippen LogP contribution is -2.59. The second-order valence-electron chi connectivity index (χ2n) is 8.88. The minimum atomic E-state index is -0.576. The largest absolute Gasteiger partial charge is 0.493 e. The zero-order chi connectivity index (χ0) is 23.7. The van der Waals surface area contributed by atoms with Crippen molar-refractivity contribution in [2.45, 2.75) is 56.8 Å². The fourth-order valence-corrected chi connectivity index (χ4v) is 5.53. The number of nitrogens with zero attached hydrogens (tertiary/aromatic N) is 2. The standard InChI is InChI=1S/C20H21ClFN3OS.C6H12/c1-2-14-3-6-19(17(21)7-14)27-25-11-20(10-24,12-25)13-26-16-5-4-15(9-23)18(22)8-16;1-2-4-6-5-3-1/h3-8H,2,10-13,24H2,1H3;1-6H2. The highest BCUT2D eigenvalue weighted by Crippen LogP contribution is 2.40. The van der Waals surface area contributed by atoms with E-state index in [1.165, 1.54) is 56.2 Å². The molecule has 1 saturated carbocycles. The monoisotopic (exact) mass is 489 g/mol. The van der Waals surface area contributed by atoms with Gasteiger partial charge in [-0.2, -0.15) is 5.26 Å². The van der Waals surface area contributed by atoms with E-state index in [4.69, 9.17) is 27.3 Å². The summed E-state index contributed by atoms with van der Waals surface area (Å²) in [4.78, 5) is 1.02. The number of aryl methyl sites for hydroxylation is 1. The molecule has 0 bridgehead atoms. The number of nitrogens with two attached hydrogens (primary N) is 1. The van der Waals surface area contributed by atoms with Crippen molar-refractivity contribution in [2.24, 2.45) is 11.1 Å². The third-order valence-corrected chi connectivity index (χ3v) is 7.69. The number of benzene rings is 2. The highest BCUT2D eigenvalue weighted by molar-refractivity contribution is 7.97. The van der Waals surface area contributed by atoms with E-state index in [1.54, 1.807) is 24.1 Å². The summed E-state index contributed by atoms with van der Waals surface area (Å²) < 4.78 is 21.6. The molecule has 4 nitrogen and oxygen atoms in total. The Hall–Kier alpha value is -1.78. The Morgan fingerprint density at radius 3 is 2.30 bits per heavy atom. The molecule has 0 spiro atoms. The number of hydrogen-bond donors (Lipinski definition) is 1. The minimum Gasteiger partial charge on any atom is -0.493 e. The Morgan fingerprint density at radius 1 is 1.12 bits per heavy atom. The van der Waals surface area contributed by atoms with Gasteiger partial charge in [0.25, 0.3) is 0 Å². The van der Waals surface area contributed by atoms with Crippen LogP contribution < -0.4 is 10.5 Å². The molecule has 0 aromatic heterocycles. The van der Waals surface area contributed by atoms with Crippen LogP contribution in [0.5, 0.6) is 5.75 Å². The normalized spacial score (nSPS) is 17.3. The first-order valence-corrected chi connectivity index (χ1v) is 12.9. The fraction of sp³-hybridized carbons (Fsp3) is 0.500. The molecule has 1 aliphatic heterocycles. The molecule has 0 amide bonds. The van der Waals surface area contributed by atoms with Crippen molar-refractivity contribution in [3.05, 3.63) is 58.4 Å². The fourth-order valence-electron chi connectivity index (χ4n) is 4.00. The lowest BCUT2D eigenvalue weighted by molar-refractivity contribution is 0.0335. The second kappa shape index (κ2) is 12.6. The van der Waals surface area contributed by atoms with Crippen LogP contribution in [0.4, 0.5) is 4.39 Å². The Morgan fingerprint density at radius 2 is 1.79 bits per heavy atom. The smallest absolute Gasteiger partial charge is 0.144 e. The number of hydrogen-bond acceptors (Lipinski definition) is 5. The van der Waals surface area contributed by atoms with Gasteiger partial charge >= 0.3 is 0 Å². The van der Waals surface area contributed by atoms with Crippen LogP contribution in [0.15, 0.2) is 41.3 Å². The van der Waals surface area contributed by atoms with Gasteiger partial charge in [0.15, 0.2) is 0 Å². The van der Waals surface area contributed by atoms with E-state index in [9.17, 15) is 4.39 Å². The van der Waals surface area contributed by atoms with E-state index in [-0.39, 0.29) is 11.0 Å². The summed E-state index contributed by atoms with van der Waals surface area (Å²) in [7, 11) is 0. The molecule has 1 aliphatic carbocycles. The lowest BCUT2D eigenvalue weighted by atomic mass is 9.83. The van der Waals surface area contributed by atoms with Crippen molar-refractivity contribution < 1.29 is 9.13 Å². The van der Waals surface area contributed by atoms with E-state index in [0.717, 1.165) is 29.4 Å². The summed E-state index contributed by atoms with van der Waals surface area (Å²) in [6.07, 6.45) is 9.96. The van der Waals surface area contributed by atoms with E-state index in [1.807, 2.05) is 12.1 Å². The highest BCUT2D eigenvalue weighted by Gasteiger charge is 2.43. The molecule has 1 saturated heterocycles. The van der Waals surface area contributed by atoms with Crippen molar-refractivity contribution in [1.82, 2.24) is 4.31 Å². The summed E-state index contributed by atoms with van der Waals surface area (Å²) in [5.74, 6) is -0.170. The van der Waals surface area contributed by atoms with Crippen LogP contribution in [0.3, 0.4) is 0 Å². The first-order valence-electron chi connectivity index (χ1n) is 11.7. The van der Waals surface area contributed by atoms with E-state index >= 15 is 0 Å². The van der Waals surface area contributed by atoms with Crippen LogP contribution in [0.1, 0.15) is 56.6 Å². The van der Waals surface area contributed by atoms with Gasteiger partial charge in [0, 0.05) is 36.0 Å². The zero-order valence-electron chi connectivity index (χ0n) is 19.3. The molecule has 2 fully saturated rings. The van der Waals surface area contributed by atoms with Crippen molar-refractivity contribution in [1.29, 1.82) is 5.26 Å². The van der Waals surface area contributed by atoms with Gasteiger partial charge in [-0.15, -0.1) is 0 Å². The molecule has 0 atom stereocenters. The molecule has 4 rings (SSSR count). The molecule has 0 unspecified atom stereocenters. The molecule has 2 aromatic carbocycles. The third-order valence-electron chi connectivity index (χ3n) is 6.19. The summed E-state index contributed by atoms with van der Waals surface area (Å²) in [6, 6.07) is 12.2. The average molecular weight is 490 g/mol. The van der Waals surface area contributed by atoms with Crippen LogP contribution in [0.25, 0.3) is 0 Å². The van der Waals surface area contributed by atoms with E-state index in [2.05, 4.69) is 17.3 Å². The molecule has 0 radical (unpaired) electrons. The maximum Gasteiger partial charge on any atom is 0.144 e. The van der Waals surface area contributed by atoms with Crippen LogP contribution in [-0.2, 0) is 6.42 Å². The van der Waals surface area contributed by atoms with Gasteiger partial charge in [0.2, 0.25) is 0 Å². The van der Waals surface area contributed by atoms with Gasteiger partial charge in [-0.05, 0) is 48.2 Å². The lowest BCUT2D eigenvalue weighted by Gasteiger charge is -2.48. The predicted molar refractivity (Wildman–Crippen MR) is 134 cm³/mol. The summed E-state index contributed by atoms with van der Waals surface area (Å²) in [6.45, 7) is 4.50. The first-order chi connectivity index (χ1) is 16.0. The molecular weight excluding hydrogens is 457 g/mol. The van der Waals surface area contributed by atoms with E-state index < -0.39 is 5.82 Å². The van der Waals surface area contributed by atoms with Crippen LogP contribution in [-0.4, -0.2) is 30.5 Å². The maximum absolute atomic E-state index is 13.7. The molecule has 2 N–H and O–H groups in total. The minimum absolute atomic E-state index is 0.00748. The predicted octanol–water partition coefficient (Wildman–Crippen LogP) is 6.60. The molecule has 2 aliphatic rings. The van der Waals surface area contributed by atoms with Gasteiger partial charge < -0.3 is 10.5 Å². The van der Waals surface area contributed by atoms with Gasteiger partial charge in [-0.25, -0.2) is 8.70 Å². The van der Waals surface area contributed by atoms with Crippen molar-refractivity contribution in [3.63, 3.8) is 0 Å². The zero-order valence-corrected chi connectivity index (χ0v) is 20.9. The Kier molecular flexibility index (Phi) is 9.88. The molecule has 178 valence electrons. The summed E-state index contributed by atoms with van der Waals surface area (Å²) in [5, 5.41) is 9.55. The van der Waals surface area contributed by atoms with Crippen molar-refractivity contribution in [3.8, 4) is 11.8 Å². The third kappa shape index (κ3) is 7.35. The van der Waals surface area contributed by atoms with Crippen LogP contribution in [0.2, 0.25) is 5.02 Å². The SMILES string of the molecule is C1CCCCC1.CCc1ccc(SN2CC(CN)(COc3ccc(C#N)c(F)c3)C2)c(Cl)c1. The molecule has 2 aromatic rings. The Labute approximate surface area is 206 Å². The second-order valence-corrected chi connectivity index (χ2v) is 10.4. The molecule has 1 heterocycles. The van der Waals surface area contributed by atoms with Crippen molar-refractivity contribution in [2.75, 3.05) is 26.2 Å². The van der Waals surface area contributed by atoms with Gasteiger partial charge in [0.05, 0.1) is 17.2 Å². The van der Waals surface area contributed by atoms with Gasteiger partial charge in [0.1, 0.15) is 17.6 Å². The topological polar surface area (TPSA) is 62.3 Å². The van der Waals surface area contributed by atoms with Gasteiger partial charge in [-0.3, -0.25) is 0 Å². The highest BCUT2D eigenvalue weighted by atomic mass is 35.5. The maximum atomic E-state index is 13.7. The van der Waals surface area contributed by atoms with E-state index in [0.29, 0.717) is 18.9 Å². The van der Waals surface area contributed by atoms with Crippen LogP contribution in [0, 0.1) is 22.6 Å². The quantitative estimate of drug-likeness (QED) is 0.444. The van der Waals surface area contributed by atoms with Gasteiger partial charge in [-0.1, -0.05) is 63.1 Å². The summed E-state index contributed by atoms with van der Waals surface area (Å²) in [5.41, 5.74) is 7.02. The molecule has 7 heteroatoms.